The molecule has 0 fully saturated rings. The average molecular weight is 325 g/mol. The first kappa shape index (κ1) is 15.8. The van der Waals surface area contributed by atoms with Crippen molar-refractivity contribution in [1.82, 2.24) is 5.32 Å². The van der Waals surface area contributed by atoms with Crippen molar-refractivity contribution in [2.75, 3.05) is 6.54 Å². The van der Waals surface area contributed by atoms with Crippen LogP contribution in [0.5, 0.6) is 0 Å². The molecule has 0 atom stereocenters. The van der Waals surface area contributed by atoms with Crippen molar-refractivity contribution in [1.29, 1.82) is 0 Å². The third-order valence-corrected chi connectivity index (χ3v) is 3.55. The minimum atomic E-state index is -0.415. The lowest BCUT2D eigenvalue weighted by Crippen LogP contribution is -2.17. The van der Waals surface area contributed by atoms with Crippen molar-refractivity contribution >= 4 is 28.9 Å². The van der Waals surface area contributed by atoms with Crippen LogP contribution in [0.3, 0.4) is 0 Å². The molecule has 0 unspecified atom stereocenters. The zero-order chi connectivity index (χ0) is 15.2. The Labute approximate surface area is 132 Å². The van der Waals surface area contributed by atoms with Crippen molar-refractivity contribution in [2.45, 2.75) is 13.0 Å². The van der Waals surface area contributed by atoms with E-state index in [2.05, 4.69) is 5.32 Å². The molecule has 0 aliphatic rings. The van der Waals surface area contributed by atoms with Crippen LogP contribution in [-0.4, -0.2) is 11.5 Å². The summed E-state index contributed by atoms with van der Waals surface area (Å²) in [7, 11) is 0. The van der Waals surface area contributed by atoms with Crippen LogP contribution in [-0.2, 0) is 13.0 Å². The van der Waals surface area contributed by atoms with Gasteiger partial charge in [0.05, 0.1) is 4.92 Å². The standard InChI is InChI=1S/C15H14Cl2N2O2/c16-13-4-1-11(2-5-13)7-8-18-10-12-3-6-14(17)9-15(12)19(20)21/h1-6,9,18H,7-8,10H2. The summed E-state index contributed by atoms with van der Waals surface area (Å²) in [5.74, 6) is 0. The number of nitro groups is 1. The van der Waals surface area contributed by atoms with E-state index >= 15 is 0 Å². The second kappa shape index (κ2) is 7.41. The molecule has 0 saturated heterocycles. The van der Waals surface area contributed by atoms with Gasteiger partial charge in [0.25, 0.3) is 5.69 Å². The lowest BCUT2D eigenvalue weighted by molar-refractivity contribution is -0.385. The van der Waals surface area contributed by atoms with Gasteiger partial charge in [0.15, 0.2) is 0 Å². The van der Waals surface area contributed by atoms with E-state index in [1.54, 1.807) is 12.1 Å². The van der Waals surface area contributed by atoms with Crippen LogP contribution in [0, 0.1) is 10.1 Å². The van der Waals surface area contributed by atoms with E-state index in [0.29, 0.717) is 22.2 Å². The molecule has 0 saturated carbocycles. The van der Waals surface area contributed by atoms with Crippen LogP contribution in [0.2, 0.25) is 10.0 Å². The summed E-state index contributed by atoms with van der Waals surface area (Å²) < 4.78 is 0. The van der Waals surface area contributed by atoms with Crippen molar-refractivity contribution < 1.29 is 4.92 Å². The Kier molecular flexibility index (Phi) is 5.56. The normalized spacial score (nSPS) is 10.6. The molecular formula is C15H14Cl2N2O2. The van der Waals surface area contributed by atoms with Gasteiger partial charge in [-0.25, -0.2) is 0 Å². The molecule has 6 heteroatoms. The highest BCUT2D eigenvalue weighted by Crippen LogP contribution is 2.23. The first-order valence-corrected chi connectivity index (χ1v) is 7.20. The molecule has 0 radical (unpaired) electrons. The van der Waals surface area contributed by atoms with Crippen molar-refractivity contribution in [2.24, 2.45) is 0 Å². The highest BCUT2D eigenvalue weighted by Gasteiger charge is 2.13. The first-order chi connectivity index (χ1) is 10.1. The van der Waals surface area contributed by atoms with Crippen LogP contribution in [0.25, 0.3) is 0 Å². The molecule has 0 spiro atoms. The fraction of sp³-hybridized carbons (Fsp3) is 0.200. The van der Waals surface area contributed by atoms with Crippen LogP contribution in [0.4, 0.5) is 5.69 Å². The third-order valence-electron chi connectivity index (χ3n) is 3.06. The van der Waals surface area contributed by atoms with Gasteiger partial charge in [0, 0.05) is 28.2 Å². The van der Waals surface area contributed by atoms with Gasteiger partial charge >= 0.3 is 0 Å². The molecule has 21 heavy (non-hydrogen) atoms. The monoisotopic (exact) mass is 324 g/mol. The van der Waals surface area contributed by atoms with E-state index < -0.39 is 4.92 Å². The molecule has 1 N–H and O–H groups in total. The number of nitro benzene ring substituents is 1. The predicted octanol–water partition coefficient (Wildman–Crippen LogP) is 4.23. The molecule has 110 valence electrons. The second-order valence-electron chi connectivity index (χ2n) is 4.58. The van der Waals surface area contributed by atoms with Crippen LogP contribution in [0.15, 0.2) is 42.5 Å². The maximum atomic E-state index is 11.0. The lowest BCUT2D eigenvalue weighted by atomic mass is 10.1. The third kappa shape index (κ3) is 4.70. The summed E-state index contributed by atoms with van der Waals surface area (Å²) >= 11 is 11.6. The number of nitrogens with one attached hydrogen (secondary N) is 1. The summed E-state index contributed by atoms with van der Waals surface area (Å²) in [5.41, 5.74) is 1.83. The van der Waals surface area contributed by atoms with E-state index in [4.69, 9.17) is 23.2 Å². The summed E-state index contributed by atoms with van der Waals surface area (Å²) in [6.45, 7) is 1.16. The number of nitrogens with zero attached hydrogens (tertiary/aromatic N) is 1. The molecule has 4 nitrogen and oxygen atoms in total. The van der Waals surface area contributed by atoms with Gasteiger partial charge < -0.3 is 5.32 Å². The molecule has 0 aliphatic carbocycles. The maximum Gasteiger partial charge on any atom is 0.275 e. The van der Waals surface area contributed by atoms with Gasteiger partial charge in [-0.15, -0.1) is 0 Å². The fourth-order valence-electron chi connectivity index (χ4n) is 1.96. The van der Waals surface area contributed by atoms with Crippen LogP contribution < -0.4 is 5.32 Å². The number of hydrogen-bond acceptors (Lipinski definition) is 3. The minimum absolute atomic E-state index is 0.0430. The number of halogens is 2. The van der Waals surface area contributed by atoms with E-state index in [1.807, 2.05) is 24.3 Å². The first-order valence-electron chi connectivity index (χ1n) is 6.44. The largest absolute Gasteiger partial charge is 0.312 e. The zero-order valence-corrected chi connectivity index (χ0v) is 12.7. The topological polar surface area (TPSA) is 55.2 Å². The van der Waals surface area contributed by atoms with Gasteiger partial charge in [-0.05, 0) is 42.8 Å². The molecule has 0 aromatic heterocycles. The Balaban J connectivity index is 1.89. The summed E-state index contributed by atoms with van der Waals surface area (Å²) in [6, 6.07) is 12.3. The van der Waals surface area contributed by atoms with Crippen molar-refractivity contribution in [3.8, 4) is 0 Å². The van der Waals surface area contributed by atoms with Gasteiger partial charge in [-0.1, -0.05) is 35.3 Å². The molecule has 2 aromatic carbocycles. The van der Waals surface area contributed by atoms with Crippen LogP contribution >= 0.6 is 23.2 Å². The zero-order valence-electron chi connectivity index (χ0n) is 11.2. The Hall–Kier alpha value is -1.62. The van der Waals surface area contributed by atoms with E-state index in [-0.39, 0.29) is 5.69 Å². The molecule has 0 amide bonds. The Morgan fingerprint density at radius 3 is 2.38 bits per heavy atom. The van der Waals surface area contributed by atoms with Gasteiger partial charge in [0.1, 0.15) is 0 Å². The van der Waals surface area contributed by atoms with E-state index in [0.717, 1.165) is 18.5 Å². The second-order valence-corrected chi connectivity index (χ2v) is 5.46. The van der Waals surface area contributed by atoms with E-state index in [1.165, 1.54) is 6.07 Å². The Bertz CT molecular complexity index is 630. The van der Waals surface area contributed by atoms with Crippen LogP contribution in [0.1, 0.15) is 11.1 Å². The fourth-order valence-corrected chi connectivity index (χ4v) is 2.26. The number of benzene rings is 2. The Morgan fingerprint density at radius 2 is 1.71 bits per heavy atom. The average Bonchev–Trinajstić information content (AvgIpc) is 2.46. The molecule has 2 aromatic rings. The summed E-state index contributed by atoms with van der Waals surface area (Å²) in [5, 5.41) is 15.2. The number of rotatable bonds is 6. The van der Waals surface area contributed by atoms with Gasteiger partial charge in [-0.3, -0.25) is 10.1 Å². The van der Waals surface area contributed by atoms with Crippen molar-refractivity contribution in [3.63, 3.8) is 0 Å². The molecule has 2 rings (SSSR count). The highest BCUT2D eigenvalue weighted by molar-refractivity contribution is 6.31. The maximum absolute atomic E-state index is 11.0. The molecule has 0 bridgehead atoms. The summed E-state index contributed by atoms with van der Waals surface area (Å²) in [6.07, 6.45) is 0.832. The number of hydrogen-bond donors (Lipinski definition) is 1. The van der Waals surface area contributed by atoms with E-state index in [9.17, 15) is 10.1 Å². The predicted molar refractivity (Wildman–Crippen MR) is 85.0 cm³/mol. The van der Waals surface area contributed by atoms with Gasteiger partial charge in [-0.2, -0.15) is 0 Å². The summed E-state index contributed by atoms with van der Waals surface area (Å²) in [4.78, 5) is 10.6. The molecule has 0 aliphatic heterocycles. The smallest absolute Gasteiger partial charge is 0.275 e. The Morgan fingerprint density at radius 1 is 1.05 bits per heavy atom. The highest BCUT2D eigenvalue weighted by atomic mass is 35.5. The lowest BCUT2D eigenvalue weighted by Gasteiger charge is -2.06. The quantitative estimate of drug-likeness (QED) is 0.491. The van der Waals surface area contributed by atoms with Gasteiger partial charge in [0.2, 0.25) is 0 Å². The minimum Gasteiger partial charge on any atom is -0.312 e. The SMILES string of the molecule is O=[N+]([O-])c1cc(Cl)ccc1CNCCc1ccc(Cl)cc1. The van der Waals surface area contributed by atoms with Crippen molar-refractivity contribution in [3.05, 3.63) is 73.8 Å². The molecular weight excluding hydrogens is 311 g/mol. The molecule has 0 heterocycles.